The maximum absolute atomic E-state index is 13.8. The van der Waals surface area contributed by atoms with Gasteiger partial charge in [0.2, 0.25) is 5.95 Å². The molecule has 9 nitrogen and oxygen atoms in total. The highest BCUT2D eigenvalue weighted by Gasteiger charge is 2.74. The Kier molecular flexibility index (Phi) is 7.57. The van der Waals surface area contributed by atoms with E-state index in [0.717, 1.165) is 85.6 Å². The third kappa shape index (κ3) is 5.22. The van der Waals surface area contributed by atoms with Gasteiger partial charge in [0.1, 0.15) is 11.6 Å². The first-order valence-electron chi connectivity index (χ1n) is 17.8. The molecule has 1 aromatic carbocycles. The number of nitrogens with one attached hydrogen (secondary N) is 1. The van der Waals surface area contributed by atoms with E-state index in [9.17, 15) is 14.3 Å². The van der Waals surface area contributed by atoms with Crippen LogP contribution >= 0.6 is 0 Å². The van der Waals surface area contributed by atoms with Crippen LogP contribution in [0.2, 0.25) is 0 Å². The molecule has 3 saturated carbocycles. The fraction of sp³-hybridized carbons (Fsp3) is 0.622. The highest BCUT2D eigenvalue weighted by atomic mass is 19.1. The fourth-order valence-corrected chi connectivity index (χ4v) is 10.4. The lowest BCUT2D eigenvalue weighted by molar-refractivity contribution is -0.230. The summed E-state index contributed by atoms with van der Waals surface area (Å²) in [5, 5.41) is 18.3. The third-order valence-corrected chi connectivity index (χ3v) is 12.7. The van der Waals surface area contributed by atoms with E-state index in [4.69, 9.17) is 9.97 Å². The van der Waals surface area contributed by atoms with Crippen molar-refractivity contribution < 1.29 is 14.3 Å². The van der Waals surface area contributed by atoms with Gasteiger partial charge in [0, 0.05) is 56.1 Å². The molecular weight excluding hydrogens is 593 g/mol. The predicted molar refractivity (Wildman–Crippen MR) is 179 cm³/mol. The number of aromatic nitrogens is 4. The van der Waals surface area contributed by atoms with E-state index < -0.39 is 11.4 Å². The van der Waals surface area contributed by atoms with Gasteiger partial charge in [0.05, 0.1) is 23.3 Å². The quantitative estimate of drug-likeness (QED) is 0.253. The second-order valence-electron chi connectivity index (χ2n) is 15.5. The number of hydrogen-bond donors (Lipinski definition) is 2. The van der Waals surface area contributed by atoms with E-state index in [1.807, 2.05) is 30.1 Å². The number of halogens is 1. The van der Waals surface area contributed by atoms with Crippen LogP contribution < -0.4 is 10.2 Å². The van der Waals surface area contributed by atoms with E-state index in [2.05, 4.69) is 40.4 Å². The minimum atomic E-state index is -0.646. The van der Waals surface area contributed by atoms with Crippen molar-refractivity contribution in [3.63, 3.8) is 0 Å². The zero-order valence-corrected chi connectivity index (χ0v) is 28.0. The summed E-state index contributed by atoms with van der Waals surface area (Å²) < 4.78 is 15.7. The Morgan fingerprint density at radius 3 is 2.47 bits per heavy atom. The van der Waals surface area contributed by atoms with Crippen LogP contribution in [0.1, 0.15) is 105 Å². The zero-order valence-electron chi connectivity index (χ0n) is 28.0. The van der Waals surface area contributed by atoms with E-state index in [1.165, 1.54) is 32.1 Å². The van der Waals surface area contributed by atoms with E-state index >= 15 is 0 Å². The maximum Gasteiger partial charge on any atom is 0.309 e. The molecule has 0 radical (unpaired) electrons. The Balaban J connectivity index is 1.14. The van der Waals surface area contributed by atoms with Crippen molar-refractivity contribution >= 4 is 17.7 Å². The number of fused-ring (bicyclic) bond motifs is 3. The van der Waals surface area contributed by atoms with Gasteiger partial charge in [-0.25, -0.2) is 9.37 Å². The van der Waals surface area contributed by atoms with Gasteiger partial charge in [0.25, 0.3) is 0 Å². The number of carboxylic acids is 1. The van der Waals surface area contributed by atoms with Crippen LogP contribution in [0.3, 0.4) is 0 Å². The molecule has 5 fully saturated rings. The van der Waals surface area contributed by atoms with Crippen LogP contribution in [0.5, 0.6) is 0 Å². The van der Waals surface area contributed by atoms with Gasteiger partial charge in [-0.2, -0.15) is 10.1 Å². The highest BCUT2D eigenvalue weighted by Crippen LogP contribution is 2.75. The Labute approximate surface area is 277 Å². The number of anilines is 2. The second kappa shape index (κ2) is 11.6. The monoisotopic (exact) mass is 641 g/mol. The number of carbonyl (C=O) groups is 1. The molecule has 2 aromatic heterocycles. The first kappa shape index (κ1) is 30.8. The van der Waals surface area contributed by atoms with Crippen molar-refractivity contribution in [1.82, 2.24) is 24.6 Å². The molecule has 2 saturated heterocycles. The van der Waals surface area contributed by atoms with Gasteiger partial charge in [-0.3, -0.25) is 14.4 Å². The summed E-state index contributed by atoms with van der Waals surface area (Å²) in [6.07, 6.45) is 16.3. The van der Waals surface area contributed by atoms with Gasteiger partial charge in [-0.15, -0.1) is 0 Å². The van der Waals surface area contributed by atoms with Crippen LogP contribution in [-0.4, -0.2) is 67.4 Å². The van der Waals surface area contributed by atoms with Crippen LogP contribution in [0, 0.1) is 16.6 Å². The number of carboxylic acid groups (broad SMARTS) is 1. The summed E-state index contributed by atoms with van der Waals surface area (Å²) in [6.45, 7) is 3.11. The molecule has 9 rings (SSSR count). The number of piperidine rings is 1. The summed E-state index contributed by atoms with van der Waals surface area (Å²) in [4.78, 5) is 27.5. The first-order valence-corrected chi connectivity index (χ1v) is 17.8. The zero-order chi connectivity index (χ0) is 32.5. The summed E-state index contributed by atoms with van der Waals surface area (Å²) in [5.41, 5.74) is 4.05. The largest absolute Gasteiger partial charge is 0.481 e. The third-order valence-electron chi connectivity index (χ3n) is 12.7. The molecule has 47 heavy (non-hydrogen) atoms. The number of aliphatic carboxylic acids is 1. The average Bonchev–Trinajstić information content (AvgIpc) is 3.54. The summed E-state index contributed by atoms with van der Waals surface area (Å²) in [7, 11) is 4.07. The molecule has 2 aliphatic heterocycles. The molecule has 250 valence electrons. The normalized spacial score (nSPS) is 30.5. The van der Waals surface area contributed by atoms with Crippen LogP contribution in [0.25, 0.3) is 0 Å². The SMILES string of the molecule is CC[C@@H](N(C)c1nc2c(c(N[C@@H](CN3C4CCCC3CC4)c3cnn(C)c3)n1)C[C@H](c1ccc(F)cc1)CC2)C12CC(C(=O)O)(C1)C2. The van der Waals surface area contributed by atoms with Gasteiger partial charge in [0.15, 0.2) is 0 Å². The first-order chi connectivity index (χ1) is 22.7. The number of hydrogen-bond acceptors (Lipinski definition) is 7. The Morgan fingerprint density at radius 2 is 1.83 bits per heavy atom. The molecule has 3 aromatic rings. The summed E-state index contributed by atoms with van der Waals surface area (Å²) in [5.74, 6) is 1.01. The molecular formula is C37H48FN7O2. The lowest BCUT2D eigenvalue weighted by Gasteiger charge is -2.71. The van der Waals surface area contributed by atoms with Gasteiger partial charge >= 0.3 is 5.97 Å². The fourth-order valence-electron chi connectivity index (χ4n) is 10.4. The average molecular weight is 642 g/mol. The van der Waals surface area contributed by atoms with Crippen molar-refractivity contribution in [2.24, 2.45) is 17.9 Å². The Hall–Kier alpha value is -3.53. The van der Waals surface area contributed by atoms with Gasteiger partial charge in [-0.1, -0.05) is 25.5 Å². The van der Waals surface area contributed by atoms with Gasteiger partial charge in [-0.05, 0) is 99.7 Å². The van der Waals surface area contributed by atoms with Gasteiger partial charge < -0.3 is 15.3 Å². The van der Waals surface area contributed by atoms with Crippen molar-refractivity contribution in [1.29, 1.82) is 0 Å². The molecule has 10 heteroatoms. The second-order valence-corrected chi connectivity index (χ2v) is 15.5. The number of nitrogens with zero attached hydrogens (tertiary/aromatic N) is 6. The smallest absolute Gasteiger partial charge is 0.309 e. The lowest BCUT2D eigenvalue weighted by Crippen LogP contribution is -2.72. The number of benzene rings is 1. The molecule has 6 aliphatic rings. The standard InChI is InChI=1S/C37H48FN7O2/c1-4-32(36-20-37(21-36,22-36)34(46)47)44(3)35-41-30-15-10-24(23-8-11-26(38)12-9-23)16-29(30)33(42-35)40-31(25-17-39-43(2)18-25)19-45-27-6-5-7-28(45)14-13-27/h8-9,11-12,17-18,24,27-28,31-32H,4-7,10,13-16,19-22H2,1-3H3,(H,46,47)(H,40,41,42)/t24-,27?,28?,31+,32-,36?,37?/m1/s1. The van der Waals surface area contributed by atoms with Crippen LogP contribution in [0.4, 0.5) is 16.2 Å². The molecule has 0 spiro atoms. The molecule has 5 atom stereocenters. The van der Waals surface area contributed by atoms with Crippen molar-refractivity contribution in [3.05, 3.63) is 64.9 Å². The van der Waals surface area contributed by atoms with E-state index in [1.54, 1.807) is 12.1 Å². The molecule has 4 bridgehead atoms. The molecule has 4 aliphatic carbocycles. The van der Waals surface area contributed by atoms with Crippen LogP contribution in [-0.2, 0) is 24.7 Å². The lowest BCUT2D eigenvalue weighted by atomic mass is 9.33. The van der Waals surface area contributed by atoms with Crippen molar-refractivity contribution in [3.8, 4) is 0 Å². The number of aryl methyl sites for hydroxylation is 2. The Bertz CT molecular complexity index is 1620. The minimum absolute atomic E-state index is 0.0169. The topological polar surface area (TPSA) is 99.4 Å². The van der Waals surface area contributed by atoms with Crippen LogP contribution in [0.15, 0.2) is 36.7 Å². The molecule has 2 N–H and O–H groups in total. The molecule has 0 amide bonds. The Morgan fingerprint density at radius 1 is 1.11 bits per heavy atom. The predicted octanol–water partition coefficient (Wildman–Crippen LogP) is 6.26. The summed E-state index contributed by atoms with van der Waals surface area (Å²) >= 11 is 0. The van der Waals surface area contributed by atoms with E-state index in [0.29, 0.717) is 12.1 Å². The van der Waals surface area contributed by atoms with E-state index in [-0.39, 0.29) is 29.2 Å². The minimum Gasteiger partial charge on any atom is -0.481 e. The summed E-state index contributed by atoms with van der Waals surface area (Å²) in [6, 6.07) is 8.46. The maximum atomic E-state index is 13.8. The molecule has 4 heterocycles. The van der Waals surface area contributed by atoms with Crippen molar-refractivity contribution in [2.75, 3.05) is 23.8 Å². The van der Waals surface area contributed by atoms with Crippen molar-refractivity contribution in [2.45, 2.75) is 114 Å². The number of rotatable bonds is 11. The molecule has 2 unspecified atom stereocenters. The highest BCUT2D eigenvalue weighted by molar-refractivity contribution is 5.79.